The second-order valence-corrected chi connectivity index (χ2v) is 8.92. The normalized spacial score (nSPS) is 15.4. The maximum atomic E-state index is 13.0. The maximum Gasteiger partial charge on any atom is 0.243 e. The Bertz CT molecular complexity index is 729. The zero-order valence-corrected chi connectivity index (χ0v) is 20.5. The Hall–Kier alpha value is -3.02. The molecule has 0 aliphatic rings. The van der Waals surface area contributed by atoms with Crippen LogP contribution >= 0.6 is 0 Å². The van der Waals surface area contributed by atoms with Gasteiger partial charge in [0.1, 0.15) is 18.4 Å². The van der Waals surface area contributed by atoms with Crippen LogP contribution in [0, 0.1) is 11.8 Å². The first-order valence-electron chi connectivity index (χ1n) is 11.5. The van der Waals surface area contributed by atoms with Crippen LogP contribution in [0.4, 0.5) is 0 Å². The number of amides is 5. The molecule has 0 unspecified atom stereocenters. The average molecular weight is 485 g/mol. The molecule has 9 N–H and O–H groups in total. The van der Waals surface area contributed by atoms with Crippen LogP contribution in [0.2, 0.25) is 0 Å². The molecule has 34 heavy (non-hydrogen) atoms. The Morgan fingerprint density at radius 3 is 1.62 bits per heavy atom. The van der Waals surface area contributed by atoms with Crippen molar-refractivity contribution in [3.63, 3.8) is 0 Å². The number of rotatable bonds is 17. The summed E-state index contributed by atoms with van der Waals surface area (Å²) in [5.41, 5.74) is 16.3. The van der Waals surface area contributed by atoms with Crippen LogP contribution in [-0.2, 0) is 28.8 Å². The first kappa shape index (κ1) is 31.0. The van der Waals surface area contributed by atoms with Gasteiger partial charge >= 0.3 is 0 Å². The topological polar surface area (TPSA) is 217 Å². The molecule has 0 bridgehead atoms. The van der Waals surface area contributed by atoms with Gasteiger partial charge < -0.3 is 37.9 Å². The number of hydrogen-bond acceptors (Lipinski definition) is 7. The highest BCUT2D eigenvalue weighted by molar-refractivity contribution is 5.94. The second-order valence-electron chi connectivity index (χ2n) is 8.92. The van der Waals surface area contributed by atoms with Gasteiger partial charge in [-0.2, -0.15) is 0 Å². The minimum absolute atomic E-state index is 0.116. The lowest BCUT2D eigenvalue weighted by Crippen LogP contribution is -2.57. The third kappa shape index (κ3) is 12.3. The standard InChI is InChI=1S/C22H40N6O6/c1-5-13(4)19(25)22(34)28-16(7-9-18(24)31)21(33)27-15(6-8-17(23)30)20(32)26-14(11-29)10-12(2)3/h11-16,19H,5-10,25H2,1-4H3,(H2,23,30)(H2,24,31)(H,26,32)(H,27,33)(H,28,34)/t13-,14-,15-,16-,19-/m0/s1. The van der Waals surface area contributed by atoms with Gasteiger partial charge in [-0.15, -0.1) is 0 Å². The number of nitrogens with two attached hydrogens (primary N) is 3. The third-order valence-corrected chi connectivity index (χ3v) is 5.40. The smallest absolute Gasteiger partial charge is 0.243 e. The van der Waals surface area contributed by atoms with E-state index in [0.29, 0.717) is 19.1 Å². The summed E-state index contributed by atoms with van der Waals surface area (Å²) < 4.78 is 0. The number of nitrogens with one attached hydrogen (secondary N) is 3. The number of carbonyl (C=O) groups is 6. The molecule has 12 heteroatoms. The minimum atomic E-state index is -1.20. The Labute approximate surface area is 200 Å². The number of aldehydes is 1. The van der Waals surface area contributed by atoms with E-state index in [4.69, 9.17) is 17.2 Å². The lowest BCUT2D eigenvalue weighted by molar-refractivity contribution is -0.134. The summed E-state index contributed by atoms with van der Waals surface area (Å²) in [5.74, 6) is -3.42. The Morgan fingerprint density at radius 1 is 0.794 bits per heavy atom. The molecule has 0 spiro atoms. The molecule has 0 saturated carbocycles. The lowest BCUT2D eigenvalue weighted by atomic mass is 9.98. The minimum Gasteiger partial charge on any atom is -0.370 e. The second kappa shape index (κ2) is 15.8. The quantitative estimate of drug-likeness (QED) is 0.135. The summed E-state index contributed by atoms with van der Waals surface area (Å²) in [6.45, 7) is 7.41. The Balaban J connectivity index is 5.58. The van der Waals surface area contributed by atoms with Crippen LogP contribution in [0.25, 0.3) is 0 Å². The molecule has 0 aromatic heterocycles. The summed E-state index contributed by atoms with van der Waals surface area (Å²) in [6.07, 6.45) is 0.976. The zero-order valence-electron chi connectivity index (χ0n) is 20.5. The highest BCUT2D eigenvalue weighted by Gasteiger charge is 2.30. The fraction of sp³-hybridized carbons (Fsp3) is 0.727. The van der Waals surface area contributed by atoms with Crippen LogP contribution < -0.4 is 33.2 Å². The van der Waals surface area contributed by atoms with Gasteiger partial charge in [-0.05, 0) is 31.1 Å². The van der Waals surface area contributed by atoms with E-state index in [2.05, 4.69) is 16.0 Å². The van der Waals surface area contributed by atoms with E-state index in [9.17, 15) is 28.8 Å². The molecule has 0 rings (SSSR count). The summed E-state index contributed by atoms with van der Waals surface area (Å²) >= 11 is 0. The predicted molar refractivity (Wildman–Crippen MR) is 126 cm³/mol. The van der Waals surface area contributed by atoms with Crippen molar-refractivity contribution in [2.45, 2.75) is 90.4 Å². The van der Waals surface area contributed by atoms with Gasteiger partial charge in [0.25, 0.3) is 0 Å². The molecular formula is C22H40N6O6. The number of hydrogen-bond donors (Lipinski definition) is 6. The highest BCUT2D eigenvalue weighted by atomic mass is 16.2. The molecule has 5 atom stereocenters. The van der Waals surface area contributed by atoms with Gasteiger partial charge in [-0.25, -0.2) is 0 Å². The van der Waals surface area contributed by atoms with E-state index < -0.39 is 53.7 Å². The molecule has 0 aliphatic carbocycles. The molecule has 0 aliphatic heterocycles. The van der Waals surface area contributed by atoms with E-state index in [1.54, 1.807) is 6.92 Å². The first-order valence-corrected chi connectivity index (χ1v) is 11.5. The summed E-state index contributed by atoms with van der Waals surface area (Å²) in [5, 5.41) is 7.54. The van der Waals surface area contributed by atoms with Gasteiger partial charge in [0.15, 0.2) is 0 Å². The lowest BCUT2D eigenvalue weighted by Gasteiger charge is -2.26. The van der Waals surface area contributed by atoms with E-state index in [1.807, 2.05) is 20.8 Å². The number of primary amides is 2. The van der Waals surface area contributed by atoms with Crippen molar-refractivity contribution < 1.29 is 28.8 Å². The SMILES string of the molecule is CC[C@H](C)[C@H](N)C(=O)N[C@@H](CCC(N)=O)C(=O)N[C@@H](CCC(N)=O)C(=O)N[C@H](C=O)CC(C)C. The average Bonchev–Trinajstić information content (AvgIpc) is 2.76. The predicted octanol–water partition coefficient (Wildman–Crippen LogP) is -1.41. The maximum absolute atomic E-state index is 13.0. The van der Waals surface area contributed by atoms with E-state index in [0.717, 1.165) is 0 Å². The zero-order chi connectivity index (χ0) is 26.4. The van der Waals surface area contributed by atoms with Gasteiger partial charge in [-0.1, -0.05) is 34.1 Å². The third-order valence-electron chi connectivity index (χ3n) is 5.40. The Kier molecular flexibility index (Phi) is 14.4. The van der Waals surface area contributed by atoms with Crippen molar-refractivity contribution >= 4 is 35.8 Å². The summed E-state index contributed by atoms with van der Waals surface area (Å²) in [4.78, 5) is 72.1. The summed E-state index contributed by atoms with van der Waals surface area (Å²) in [6, 6.07) is -4.06. The van der Waals surface area contributed by atoms with E-state index >= 15 is 0 Å². The van der Waals surface area contributed by atoms with Gasteiger partial charge in [0, 0.05) is 12.8 Å². The van der Waals surface area contributed by atoms with Crippen LogP contribution in [-0.4, -0.2) is 60.0 Å². The van der Waals surface area contributed by atoms with Crippen molar-refractivity contribution in [2.24, 2.45) is 29.0 Å². The van der Waals surface area contributed by atoms with Crippen molar-refractivity contribution in [1.29, 1.82) is 0 Å². The Morgan fingerprint density at radius 2 is 1.24 bits per heavy atom. The molecule has 0 radical (unpaired) electrons. The van der Waals surface area contributed by atoms with E-state index in [1.165, 1.54) is 0 Å². The molecule has 12 nitrogen and oxygen atoms in total. The molecule has 5 amide bonds. The van der Waals surface area contributed by atoms with Crippen molar-refractivity contribution in [3.8, 4) is 0 Å². The molecular weight excluding hydrogens is 444 g/mol. The highest BCUT2D eigenvalue weighted by Crippen LogP contribution is 2.08. The van der Waals surface area contributed by atoms with Gasteiger partial charge in [0.05, 0.1) is 12.1 Å². The summed E-state index contributed by atoms with van der Waals surface area (Å²) in [7, 11) is 0. The fourth-order valence-corrected chi connectivity index (χ4v) is 3.10. The van der Waals surface area contributed by atoms with Crippen LogP contribution in [0.1, 0.15) is 66.2 Å². The molecule has 0 heterocycles. The van der Waals surface area contributed by atoms with Gasteiger partial charge in [-0.3, -0.25) is 24.0 Å². The van der Waals surface area contributed by atoms with Crippen molar-refractivity contribution in [3.05, 3.63) is 0 Å². The number of carbonyl (C=O) groups excluding carboxylic acids is 6. The first-order chi connectivity index (χ1) is 15.8. The van der Waals surface area contributed by atoms with Crippen molar-refractivity contribution in [1.82, 2.24) is 16.0 Å². The van der Waals surface area contributed by atoms with Gasteiger partial charge in [0.2, 0.25) is 29.5 Å². The largest absolute Gasteiger partial charge is 0.370 e. The van der Waals surface area contributed by atoms with Crippen LogP contribution in [0.3, 0.4) is 0 Å². The molecule has 0 fully saturated rings. The molecule has 0 aromatic rings. The fourth-order valence-electron chi connectivity index (χ4n) is 3.10. The molecule has 194 valence electrons. The van der Waals surface area contributed by atoms with Crippen LogP contribution in [0.15, 0.2) is 0 Å². The van der Waals surface area contributed by atoms with E-state index in [-0.39, 0.29) is 37.5 Å². The van der Waals surface area contributed by atoms with Crippen molar-refractivity contribution in [2.75, 3.05) is 0 Å². The van der Waals surface area contributed by atoms with Crippen LogP contribution in [0.5, 0.6) is 0 Å². The molecule has 0 saturated heterocycles. The molecule has 0 aromatic carbocycles. The monoisotopic (exact) mass is 484 g/mol.